The highest BCUT2D eigenvalue weighted by molar-refractivity contribution is 5.78. The maximum atomic E-state index is 12.1. The van der Waals surface area contributed by atoms with Gasteiger partial charge < -0.3 is 19.1 Å². The lowest BCUT2D eigenvalue weighted by atomic mass is 10.1. The minimum absolute atomic E-state index is 0.187. The van der Waals surface area contributed by atoms with E-state index in [1.807, 2.05) is 28.9 Å². The molecule has 0 radical (unpaired) electrons. The number of para-hydroxylation sites is 2. The van der Waals surface area contributed by atoms with Crippen LogP contribution in [0.1, 0.15) is 38.8 Å². The van der Waals surface area contributed by atoms with Gasteiger partial charge in [-0.3, -0.25) is 0 Å². The van der Waals surface area contributed by atoms with Crippen LogP contribution in [0.15, 0.2) is 54.6 Å². The fourth-order valence-electron chi connectivity index (χ4n) is 4.02. The van der Waals surface area contributed by atoms with E-state index in [-0.39, 0.29) is 6.61 Å². The number of benzene rings is 2. The van der Waals surface area contributed by atoms with Gasteiger partial charge in [0.2, 0.25) is 0 Å². The zero-order valence-corrected chi connectivity index (χ0v) is 20.0. The van der Waals surface area contributed by atoms with Crippen molar-refractivity contribution in [3.63, 3.8) is 0 Å². The number of rotatable bonds is 9. The van der Waals surface area contributed by atoms with Crippen LogP contribution >= 0.6 is 0 Å². The average Bonchev–Trinajstić information content (AvgIpc) is 3.51. The SMILES string of the molecule is COC(=O)C(C)(C)OCc1cc(-c2cccc(OC3CC3)c2)n(-c2ccccc2N2CCC2)n1. The lowest BCUT2D eigenvalue weighted by Gasteiger charge is -2.34. The second-order valence-corrected chi connectivity index (χ2v) is 9.40. The number of ether oxygens (including phenoxy) is 3. The van der Waals surface area contributed by atoms with E-state index in [2.05, 4.69) is 35.2 Å². The molecule has 0 bridgehead atoms. The fourth-order valence-corrected chi connectivity index (χ4v) is 4.02. The van der Waals surface area contributed by atoms with Crippen molar-refractivity contribution in [3.05, 3.63) is 60.3 Å². The Hall–Kier alpha value is -3.32. The van der Waals surface area contributed by atoms with E-state index in [9.17, 15) is 4.79 Å². The van der Waals surface area contributed by atoms with Gasteiger partial charge in [-0.1, -0.05) is 24.3 Å². The summed E-state index contributed by atoms with van der Waals surface area (Å²) in [6.45, 7) is 5.68. The number of carbonyl (C=O) groups is 1. The predicted molar refractivity (Wildman–Crippen MR) is 130 cm³/mol. The molecule has 5 rings (SSSR count). The van der Waals surface area contributed by atoms with Crippen LogP contribution in [0, 0.1) is 0 Å². The van der Waals surface area contributed by atoms with Gasteiger partial charge in [0.1, 0.15) is 5.75 Å². The molecule has 3 aromatic rings. The molecule has 1 aliphatic carbocycles. The molecule has 2 aliphatic rings. The van der Waals surface area contributed by atoms with Crippen LogP contribution in [0.25, 0.3) is 16.9 Å². The quantitative estimate of drug-likeness (QED) is 0.428. The van der Waals surface area contributed by atoms with E-state index in [0.717, 1.165) is 60.0 Å². The molecule has 1 aliphatic heterocycles. The number of hydrogen-bond acceptors (Lipinski definition) is 6. The van der Waals surface area contributed by atoms with Crippen molar-refractivity contribution < 1.29 is 19.0 Å². The molecule has 0 spiro atoms. The van der Waals surface area contributed by atoms with Crippen LogP contribution in [0.2, 0.25) is 0 Å². The fraction of sp³-hybridized carbons (Fsp3) is 0.407. The molecule has 7 heteroatoms. The summed E-state index contributed by atoms with van der Waals surface area (Å²) in [7, 11) is 1.36. The number of aromatic nitrogens is 2. The monoisotopic (exact) mass is 461 g/mol. The van der Waals surface area contributed by atoms with Gasteiger partial charge in [0, 0.05) is 18.7 Å². The number of hydrogen-bond donors (Lipinski definition) is 0. The number of carbonyl (C=O) groups excluding carboxylic acids is 1. The summed E-state index contributed by atoms with van der Waals surface area (Å²) in [5.74, 6) is 0.452. The molecule has 0 amide bonds. The largest absolute Gasteiger partial charge is 0.490 e. The van der Waals surface area contributed by atoms with E-state index in [1.54, 1.807) is 13.8 Å². The summed E-state index contributed by atoms with van der Waals surface area (Å²) < 4.78 is 18.8. The summed E-state index contributed by atoms with van der Waals surface area (Å²) in [5.41, 5.74) is 3.81. The van der Waals surface area contributed by atoms with Gasteiger partial charge in [0.15, 0.2) is 5.60 Å². The molecule has 0 unspecified atom stereocenters. The van der Waals surface area contributed by atoms with Gasteiger partial charge in [-0.2, -0.15) is 5.10 Å². The van der Waals surface area contributed by atoms with Gasteiger partial charge >= 0.3 is 5.97 Å². The summed E-state index contributed by atoms with van der Waals surface area (Å²) in [5, 5.41) is 4.92. The van der Waals surface area contributed by atoms with Gasteiger partial charge in [-0.25, -0.2) is 9.48 Å². The second-order valence-electron chi connectivity index (χ2n) is 9.40. The highest BCUT2D eigenvalue weighted by Crippen LogP contribution is 2.34. The number of nitrogens with zero attached hydrogens (tertiary/aromatic N) is 3. The van der Waals surface area contributed by atoms with Crippen LogP contribution < -0.4 is 9.64 Å². The highest BCUT2D eigenvalue weighted by Gasteiger charge is 2.30. The lowest BCUT2D eigenvalue weighted by molar-refractivity contribution is -0.166. The first kappa shape index (κ1) is 22.5. The molecule has 1 saturated heterocycles. The summed E-state index contributed by atoms with van der Waals surface area (Å²) >= 11 is 0. The Labute approximate surface area is 200 Å². The molecule has 2 fully saturated rings. The van der Waals surface area contributed by atoms with Gasteiger partial charge in [0.05, 0.1) is 42.6 Å². The van der Waals surface area contributed by atoms with Crippen LogP contribution in [0.4, 0.5) is 5.69 Å². The third-order valence-electron chi connectivity index (χ3n) is 6.28. The topological polar surface area (TPSA) is 65.8 Å². The van der Waals surface area contributed by atoms with Crippen molar-refractivity contribution in [2.24, 2.45) is 0 Å². The van der Waals surface area contributed by atoms with E-state index in [1.165, 1.54) is 13.5 Å². The van der Waals surface area contributed by atoms with Crippen molar-refractivity contribution in [1.82, 2.24) is 9.78 Å². The summed E-state index contributed by atoms with van der Waals surface area (Å²) in [4.78, 5) is 14.4. The first-order chi connectivity index (χ1) is 16.4. The molecule has 7 nitrogen and oxygen atoms in total. The van der Waals surface area contributed by atoms with Crippen molar-refractivity contribution >= 4 is 11.7 Å². The highest BCUT2D eigenvalue weighted by atomic mass is 16.6. The molecule has 178 valence electrons. The minimum Gasteiger partial charge on any atom is -0.490 e. The van der Waals surface area contributed by atoms with Gasteiger partial charge in [-0.05, 0) is 63.4 Å². The summed E-state index contributed by atoms with van der Waals surface area (Å²) in [6.07, 6.45) is 3.76. The molecule has 34 heavy (non-hydrogen) atoms. The van der Waals surface area contributed by atoms with E-state index in [0.29, 0.717) is 6.10 Å². The molecule has 2 heterocycles. The summed E-state index contributed by atoms with van der Waals surface area (Å²) in [6, 6.07) is 18.5. The van der Waals surface area contributed by atoms with E-state index in [4.69, 9.17) is 19.3 Å². The third kappa shape index (κ3) is 4.66. The zero-order valence-electron chi connectivity index (χ0n) is 20.0. The number of methoxy groups -OCH3 is 1. The molecule has 2 aromatic carbocycles. The number of esters is 1. The Morgan fingerprint density at radius 3 is 2.50 bits per heavy atom. The Balaban J connectivity index is 1.52. The standard InChI is InChI=1S/C27H31N3O4/c1-27(2,26(31)32-3)33-18-20-17-25(19-8-6-9-22(16-19)34-21-12-13-21)30(28-20)24-11-5-4-10-23(24)29-14-7-15-29/h4-6,8-11,16-17,21H,7,12-15,18H2,1-3H3. The number of anilines is 1. The molecule has 0 atom stereocenters. The Bertz CT molecular complexity index is 1180. The molecule has 1 saturated carbocycles. The van der Waals surface area contributed by atoms with E-state index < -0.39 is 11.6 Å². The van der Waals surface area contributed by atoms with Crippen LogP contribution in [-0.4, -0.2) is 47.7 Å². The molecule has 1 aromatic heterocycles. The van der Waals surface area contributed by atoms with Crippen LogP contribution in [0.3, 0.4) is 0 Å². The lowest BCUT2D eigenvalue weighted by Crippen LogP contribution is -2.37. The van der Waals surface area contributed by atoms with Gasteiger partial charge in [-0.15, -0.1) is 0 Å². The van der Waals surface area contributed by atoms with E-state index >= 15 is 0 Å². The average molecular weight is 462 g/mol. The van der Waals surface area contributed by atoms with Gasteiger partial charge in [0.25, 0.3) is 0 Å². The Kier molecular flexibility index (Phi) is 6.04. The normalized spacial score (nSPS) is 15.7. The maximum absolute atomic E-state index is 12.1. The van der Waals surface area contributed by atoms with Crippen molar-refractivity contribution in [3.8, 4) is 22.7 Å². The van der Waals surface area contributed by atoms with Crippen LogP contribution in [0.5, 0.6) is 5.75 Å². The molecular weight excluding hydrogens is 430 g/mol. The third-order valence-corrected chi connectivity index (χ3v) is 6.28. The first-order valence-corrected chi connectivity index (χ1v) is 11.9. The van der Waals surface area contributed by atoms with Crippen LogP contribution in [-0.2, 0) is 20.9 Å². The van der Waals surface area contributed by atoms with Crippen molar-refractivity contribution in [2.75, 3.05) is 25.1 Å². The van der Waals surface area contributed by atoms with Crippen molar-refractivity contribution in [1.29, 1.82) is 0 Å². The zero-order chi connectivity index (χ0) is 23.7. The smallest absolute Gasteiger partial charge is 0.337 e. The molecular formula is C27H31N3O4. The maximum Gasteiger partial charge on any atom is 0.337 e. The Morgan fingerprint density at radius 2 is 1.82 bits per heavy atom. The minimum atomic E-state index is -1.06. The molecule has 0 N–H and O–H groups in total. The first-order valence-electron chi connectivity index (χ1n) is 11.9. The van der Waals surface area contributed by atoms with Crippen molar-refractivity contribution in [2.45, 2.75) is 51.4 Å². The predicted octanol–water partition coefficient (Wildman–Crippen LogP) is 4.76. The second kappa shape index (κ2) is 9.14. The Morgan fingerprint density at radius 1 is 1.06 bits per heavy atom.